The maximum atomic E-state index is 13.0. The molecule has 6 atom stereocenters. The number of rotatable bonds is 67. The lowest BCUT2D eigenvalue weighted by Gasteiger charge is -2.21. The fourth-order valence-corrected chi connectivity index (χ4v) is 12.0. The van der Waals surface area contributed by atoms with Gasteiger partial charge in [0.2, 0.25) is 0 Å². The summed E-state index contributed by atoms with van der Waals surface area (Å²) in [4.78, 5) is 72.5. The highest BCUT2D eigenvalue weighted by atomic mass is 31.2. The Bertz CT molecular complexity index is 1770. The van der Waals surface area contributed by atoms with Crippen molar-refractivity contribution < 1.29 is 80.2 Å². The molecule has 0 spiro atoms. The van der Waals surface area contributed by atoms with Gasteiger partial charge in [-0.25, -0.2) is 9.13 Å². The number of unbranched alkanes of at least 4 members (excludes halogenated alkanes) is 32. The Balaban J connectivity index is 5.23. The van der Waals surface area contributed by atoms with E-state index in [2.05, 4.69) is 55.4 Å². The third kappa shape index (κ3) is 63.2. The molecule has 89 heavy (non-hydrogen) atoms. The molecule has 3 N–H and O–H groups in total. The quantitative estimate of drug-likeness (QED) is 0.0222. The van der Waals surface area contributed by atoms with Crippen molar-refractivity contribution in [1.29, 1.82) is 0 Å². The molecule has 528 valence electrons. The summed E-state index contributed by atoms with van der Waals surface area (Å²) in [5.41, 5.74) is 0. The van der Waals surface area contributed by atoms with Gasteiger partial charge in [-0.1, -0.05) is 293 Å². The number of aliphatic hydroxyl groups is 1. The first-order chi connectivity index (χ1) is 42.6. The van der Waals surface area contributed by atoms with Crippen molar-refractivity contribution in [2.24, 2.45) is 23.7 Å². The van der Waals surface area contributed by atoms with E-state index >= 15 is 0 Å². The second-order valence-electron chi connectivity index (χ2n) is 26.9. The maximum Gasteiger partial charge on any atom is 0.472 e. The molecule has 0 bridgehead atoms. The number of aliphatic hydroxyl groups excluding tert-OH is 1. The van der Waals surface area contributed by atoms with Gasteiger partial charge in [-0.15, -0.1) is 0 Å². The summed E-state index contributed by atoms with van der Waals surface area (Å²) in [6, 6.07) is 0. The molecule has 0 fully saturated rings. The Morgan fingerprint density at radius 1 is 0.315 bits per heavy atom. The van der Waals surface area contributed by atoms with Crippen LogP contribution in [0.15, 0.2) is 0 Å². The lowest BCUT2D eigenvalue weighted by atomic mass is 10.00. The molecule has 0 saturated carbocycles. The standard InChI is InChI=1S/C70H136O17P2/c1-9-63(8)49-41-33-27-29-35-43-51-68(73)81-57-66(87-70(75)53-45-37-25-21-17-13-15-19-23-31-39-47-61(4)5)59-85-89(78,79)83-55-64(71)54-82-88(76,77)84-58-65(56-80-67(72)50-42-34-28-26-32-40-48-62(6)7)86-69(74)52-44-36-24-20-16-12-10-11-14-18-22-30-38-46-60(2)3/h60-66,71H,9-59H2,1-8H3,(H,76,77)(H,78,79)/t63?,64-,65+,66+/m0/s1. The number of phosphoric ester groups is 2. The van der Waals surface area contributed by atoms with E-state index in [4.69, 9.17) is 37.0 Å². The number of carbonyl (C=O) groups is 4. The summed E-state index contributed by atoms with van der Waals surface area (Å²) in [5, 5.41) is 10.6. The molecule has 0 aromatic rings. The van der Waals surface area contributed by atoms with Crippen LogP contribution in [0.2, 0.25) is 0 Å². The number of esters is 4. The minimum Gasteiger partial charge on any atom is -0.462 e. The largest absolute Gasteiger partial charge is 0.472 e. The van der Waals surface area contributed by atoms with Crippen LogP contribution in [0, 0.1) is 23.7 Å². The average molecular weight is 1310 g/mol. The van der Waals surface area contributed by atoms with Crippen LogP contribution < -0.4 is 0 Å². The van der Waals surface area contributed by atoms with Crippen LogP contribution in [0.25, 0.3) is 0 Å². The van der Waals surface area contributed by atoms with Crippen LogP contribution in [0.4, 0.5) is 0 Å². The summed E-state index contributed by atoms with van der Waals surface area (Å²) >= 11 is 0. The third-order valence-corrected chi connectivity index (χ3v) is 18.3. The van der Waals surface area contributed by atoms with Gasteiger partial charge in [-0.3, -0.25) is 37.3 Å². The van der Waals surface area contributed by atoms with E-state index in [0.717, 1.165) is 120 Å². The van der Waals surface area contributed by atoms with Crippen molar-refractivity contribution in [3.05, 3.63) is 0 Å². The van der Waals surface area contributed by atoms with Gasteiger partial charge in [-0.2, -0.15) is 0 Å². The van der Waals surface area contributed by atoms with Crippen molar-refractivity contribution in [2.45, 2.75) is 363 Å². The van der Waals surface area contributed by atoms with E-state index in [1.807, 2.05) is 0 Å². The van der Waals surface area contributed by atoms with Gasteiger partial charge in [0, 0.05) is 25.7 Å². The molecule has 0 aliphatic heterocycles. The Labute approximate surface area is 543 Å². The number of carbonyl (C=O) groups excluding carboxylic acids is 4. The second kappa shape index (κ2) is 59.8. The van der Waals surface area contributed by atoms with Crippen molar-refractivity contribution >= 4 is 39.5 Å². The fraction of sp³-hybridized carbons (Fsp3) is 0.943. The lowest BCUT2D eigenvalue weighted by molar-refractivity contribution is -0.161. The smallest absolute Gasteiger partial charge is 0.462 e. The van der Waals surface area contributed by atoms with E-state index in [-0.39, 0.29) is 25.7 Å². The molecule has 0 amide bonds. The van der Waals surface area contributed by atoms with Crippen molar-refractivity contribution in [3.8, 4) is 0 Å². The second-order valence-corrected chi connectivity index (χ2v) is 29.8. The van der Waals surface area contributed by atoms with Crippen LogP contribution in [0.1, 0.15) is 344 Å². The first-order valence-corrected chi connectivity index (χ1v) is 39.2. The zero-order valence-corrected chi connectivity index (χ0v) is 59.8. The predicted octanol–water partition coefficient (Wildman–Crippen LogP) is 19.7. The van der Waals surface area contributed by atoms with Crippen molar-refractivity contribution in [3.63, 3.8) is 0 Å². The zero-order chi connectivity index (χ0) is 66.1. The molecular weight excluding hydrogens is 1170 g/mol. The molecule has 0 saturated heterocycles. The van der Waals surface area contributed by atoms with Gasteiger partial charge in [0.15, 0.2) is 12.2 Å². The summed E-state index contributed by atoms with van der Waals surface area (Å²) in [6.45, 7) is 14.0. The summed E-state index contributed by atoms with van der Waals surface area (Å²) in [6.07, 6.45) is 41.8. The normalized spacial score (nSPS) is 14.6. The van der Waals surface area contributed by atoms with Crippen LogP contribution in [-0.2, 0) is 65.4 Å². The van der Waals surface area contributed by atoms with E-state index < -0.39 is 97.5 Å². The lowest BCUT2D eigenvalue weighted by Crippen LogP contribution is -2.30. The van der Waals surface area contributed by atoms with Gasteiger partial charge in [0.05, 0.1) is 26.4 Å². The minimum absolute atomic E-state index is 0.105. The van der Waals surface area contributed by atoms with Crippen molar-refractivity contribution in [1.82, 2.24) is 0 Å². The molecule has 0 aromatic carbocycles. The van der Waals surface area contributed by atoms with E-state index in [1.54, 1.807) is 0 Å². The number of hydrogen-bond donors (Lipinski definition) is 3. The van der Waals surface area contributed by atoms with Gasteiger partial charge < -0.3 is 33.8 Å². The summed E-state index contributed by atoms with van der Waals surface area (Å²) in [7, 11) is -9.90. The number of hydrogen-bond acceptors (Lipinski definition) is 15. The molecule has 19 heteroatoms. The van der Waals surface area contributed by atoms with E-state index in [1.165, 1.54) is 135 Å². The Morgan fingerprint density at radius 2 is 0.539 bits per heavy atom. The highest BCUT2D eigenvalue weighted by molar-refractivity contribution is 7.47. The maximum absolute atomic E-state index is 13.0. The highest BCUT2D eigenvalue weighted by Gasteiger charge is 2.30. The molecule has 3 unspecified atom stereocenters. The van der Waals surface area contributed by atoms with E-state index in [9.17, 15) is 43.2 Å². The van der Waals surface area contributed by atoms with Crippen LogP contribution in [-0.4, -0.2) is 96.7 Å². The molecular formula is C70H136O17P2. The zero-order valence-electron chi connectivity index (χ0n) is 58.1. The Hall–Kier alpha value is -1.94. The van der Waals surface area contributed by atoms with Gasteiger partial charge in [0.1, 0.15) is 19.3 Å². The third-order valence-electron chi connectivity index (χ3n) is 16.4. The Morgan fingerprint density at radius 3 is 0.798 bits per heavy atom. The first kappa shape index (κ1) is 87.1. The highest BCUT2D eigenvalue weighted by Crippen LogP contribution is 2.45. The number of phosphoric acid groups is 2. The Kier molecular flexibility index (Phi) is 58.5. The summed E-state index contributed by atoms with van der Waals surface area (Å²) < 4.78 is 68.2. The van der Waals surface area contributed by atoms with E-state index in [0.29, 0.717) is 31.6 Å². The average Bonchev–Trinajstić information content (AvgIpc) is 3.69. The topological polar surface area (TPSA) is 237 Å². The van der Waals surface area contributed by atoms with Crippen LogP contribution in [0.3, 0.4) is 0 Å². The van der Waals surface area contributed by atoms with Gasteiger partial charge in [0.25, 0.3) is 0 Å². The minimum atomic E-state index is -4.95. The molecule has 0 aliphatic rings. The first-order valence-electron chi connectivity index (χ1n) is 36.2. The molecule has 0 aromatic heterocycles. The van der Waals surface area contributed by atoms with Gasteiger partial charge in [-0.05, 0) is 49.4 Å². The van der Waals surface area contributed by atoms with Crippen LogP contribution in [0.5, 0.6) is 0 Å². The predicted molar refractivity (Wildman–Crippen MR) is 358 cm³/mol. The van der Waals surface area contributed by atoms with Crippen molar-refractivity contribution in [2.75, 3.05) is 39.6 Å². The SMILES string of the molecule is CCC(C)CCCCCCCCC(=O)OC[C@H](COP(=O)(O)OC[C@@H](O)COP(=O)(O)OC[C@@H](COC(=O)CCCCCCCCC(C)C)OC(=O)CCCCCCCCCCCCCCCC(C)C)OC(=O)CCCCCCCCCCCCCC(C)C. The van der Waals surface area contributed by atoms with Gasteiger partial charge >= 0.3 is 39.5 Å². The van der Waals surface area contributed by atoms with Crippen LogP contribution >= 0.6 is 15.6 Å². The molecule has 0 aliphatic carbocycles. The molecule has 17 nitrogen and oxygen atoms in total. The number of ether oxygens (including phenoxy) is 4. The monoisotopic (exact) mass is 1310 g/mol. The summed E-state index contributed by atoms with van der Waals surface area (Å²) in [5.74, 6) is 0.830. The molecule has 0 heterocycles. The molecule has 0 rings (SSSR count). The molecule has 0 radical (unpaired) electrons. The fourth-order valence-electron chi connectivity index (χ4n) is 10.5.